The molecule has 0 radical (unpaired) electrons. The maximum absolute atomic E-state index is 10.1. The number of hydrogen-bond acceptors (Lipinski definition) is 5. The number of rotatable bonds is 6. The van der Waals surface area contributed by atoms with Gasteiger partial charge in [-0.25, -0.2) is 0 Å². The minimum absolute atomic E-state index is 0.268. The van der Waals surface area contributed by atoms with Gasteiger partial charge in [-0.15, -0.1) is 0 Å². The number of halogens is 1. The van der Waals surface area contributed by atoms with E-state index in [9.17, 15) is 15.3 Å². The van der Waals surface area contributed by atoms with Crippen molar-refractivity contribution in [2.45, 2.75) is 69.5 Å². The van der Waals surface area contributed by atoms with E-state index in [1.54, 1.807) is 0 Å². The summed E-state index contributed by atoms with van der Waals surface area (Å²) in [6, 6.07) is 13.9. The zero-order chi connectivity index (χ0) is 22.0. The molecule has 1 heterocycles. The van der Waals surface area contributed by atoms with Crippen LogP contribution >= 0.6 is 11.6 Å². The molecule has 0 bridgehead atoms. The number of aliphatic hydroxyl groups is 3. The second kappa shape index (κ2) is 9.88. The van der Waals surface area contributed by atoms with Crippen molar-refractivity contribution in [2.24, 2.45) is 5.92 Å². The van der Waals surface area contributed by atoms with Gasteiger partial charge in [0.25, 0.3) is 0 Å². The highest BCUT2D eigenvalue weighted by atomic mass is 35.5. The molecular weight excluding hydrogens is 416 g/mol. The molecule has 5 nitrogen and oxygen atoms in total. The number of hydrogen-bond donors (Lipinski definition) is 3. The lowest BCUT2D eigenvalue weighted by atomic mass is 9.92. The van der Waals surface area contributed by atoms with Crippen LogP contribution in [0, 0.1) is 5.92 Å². The highest BCUT2D eigenvalue weighted by Gasteiger charge is 2.37. The summed E-state index contributed by atoms with van der Waals surface area (Å²) in [5.41, 5.74) is 2.96. The van der Waals surface area contributed by atoms with Crippen LogP contribution in [-0.2, 0) is 11.2 Å². The Balaban J connectivity index is 1.44. The molecular formula is C25H31ClO5. The van der Waals surface area contributed by atoms with Gasteiger partial charge in [0.2, 0.25) is 0 Å². The molecule has 0 amide bonds. The smallest absolute Gasteiger partial charge is 0.119 e. The summed E-state index contributed by atoms with van der Waals surface area (Å²) >= 11 is 6.46. The Bertz CT molecular complexity index is 871. The SMILES string of the molecule is C[C@@H]1CC[C@H](Oc2ccc(Cc3cc([C@H]4C[C@@H](O)[C@H](O)[C@@H](CO)O4)ccc3Cl)cc2)C1. The van der Waals surface area contributed by atoms with Gasteiger partial charge in [0.05, 0.1) is 24.9 Å². The summed E-state index contributed by atoms with van der Waals surface area (Å²) in [5, 5.41) is 30.2. The third kappa shape index (κ3) is 5.41. The second-order valence-corrected chi connectivity index (χ2v) is 9.38. The maximum Gasteiger partial charge on any atom is 0.119 e. The van der Waals surface area contributed by atoms with Gasteiger partial charge in [0.1, 0.15) is 18.0 Å². The first-order chi connectivity index (χ1) is 14.9. The average molecular weight is 447 g/mol. The molecule has 1 saturated carbocycles. The molecule has 2 aliphatic rings. The minimum Gasteiger partial charge on any atom is -0.490 e. The molecule has 168 valence electrons. The molecule has 31 heavy (non-hydrogen) atoms. The van der Waals surface area contributed by atoms with Gasteiger partial charge in [-0.2, -0.15) is 0 Å². The number of aliphatic hydroxyl groups excluding tert-OH is 3. The highest BCUT2D eigenvalue weighted by molar-refractivity contribution is 6.31. The zero-order valence-corrected chi connectivity index (χ0v) is 18.5. The monoisotopic (exact) mass is 446 g/mol. The van der Waals surface area contributed by atoms with E-state index in [2.05, 4.69) is 19.1 Å². The van der Waals surface area contributed by atoms with Crippen LogP contribution < -0.4 is 4.74 Å². The predicted molar refractivity (Wildman–Crippen MR) is 119 cm³/mol. The van der Waals surface area contributed by atoms with Crippen LogP contribution in [0.3, 0.4) is 0 Å². The number of benzene rings is 2. The van der Waals surface area contributed by atoms with Crippen molar-refractivity contribution in [1.29, 1.82) is 0 Å². The Labute approximate surface area is 188 Å². The lowest BCUT2D eigenvalue weighted by Crippen LogP contribution is -2.47. The quantitative estimate of drug-likeness (QED) is 0.624. The van der Waals surface area contributed by atoms with Crippen molar-refractivity contribution >= 4 is 11.6 Å². The molecule has 1 saturated heterocycles. The van der Waals surface area contributed by atoms with Crippen molar-refractivity contribution in [3.05, 3.63) is 64.2 Å². The van der Waals surface area contributed by atoms with Crippen LogP contribution in [0.2, 0.25) is 5.02 Å². The Kier molecular flexibility index (Phi) is 7.19. The van der Waals surface area contributed by atoms with Gasteiger partial charge in [-0.05, 0) is 66.5 Å². The fourth-order valence-corrected chi connectivity index (χ4v) is 4.79. The van der Waals surface area contributed by atoms with E-state index in [1.165, 1.54) is 6.42 Å². The molecule has 0 spiro atoms. The fraction of sp³-hybridized carbons (Fsp3) is 0.520. The lowest BCUT2D eigenvalue weighted by molar-refractivity contribution is -0.181. The van der Waals surface area contributed by atoms with Gasteiger partial charge < -0.3 is 24.8 Å². The highest BCUT2D eigenvalue weighted by Crippen LogP contribution is 2.34. The Morgan fingerprint density at radius 2 is 1.84 bits per heavy atom. The van der Waals surface area contributed by atoms with E-state index >= 15 is 0 Å². The summed E-state index contributed by atoms with van der Waals surface area (Å²) in [7, 11) is 0. The number of ether oxygens (including phenoxy) is 2. The largest absolute Gasteiger partial charge is 0.490 e. The minimum atomic E-state index is -1.08. The summed E-state index contributed by atoms with van der Waals surface area (Å²) in [4.78, 5) is 0. The van der Waals surface area contributed by atoms with Crippen LogP contribution in [0.25, 0.3) is 0 Å². The normalized spacial score (nSPS) is 31.0. The first-order valence-electron chi connectivity index (χ1n) is 11.1. The first-order valence-corrected chi connectivity index (χ1v) is 11.5. The third-order valence-corrected chi connectivity index (χ3v) is 6.83. The molecule has 0 aromatic heterocycles. The summed E-state index contributed by atoms with van der Waals surface area (Å²) in [5.74, 6) is 1.64. The van der Waals surface area contributed by atoms with Crippen LogP contribution in [0.15, 0.2) is 42.5 Å². The molecule has 2 fully saturated rings. The van der Waals surface area contributed by atoms with Crippen LogP contribution in [0.4, 0.5) is 0 Å². The summed E-state index contributed by atoms with van der Waals surface area (Å²) in [6.45, 7) is 1.93. The predicted octanol–water partition coefficient (Wildman–Crippen LogP) is 4.04. The van der Waals surface area contributed by atoms with Gasteiger partial charge in [-0.1, -0.05) is 42.8 Å². The molecule has 1 aliphatic heterocycles. The fourth-order valence-electron chi connectivity index (χ4n) is 4.61. The third-order valence-electron chi connectivity index (χ3n) is 6.46. The van der Waals surface area contributed by atoms with Gasteiger partial charge in [0, 0.05) is 11.4 Å². The molecule has 1 aliphatic carbocycles. The maximum atomic E-state index is 10.1. The molecule has 3 N–H and O–H groups in total. The van der Waals surface area contributed by atoms with Gasteiger partial charge in [-0.3, -0.25) is 0 Å². The standard InChI is InChI=1S/C25H31ClO5/c1-15-2-6-20(10-15)30-19-7-3-16(4-8-19)11-18-12-17(5-9-21(18)26)23-13-22(28)25(29)24(14-27)31-23/h3-5,7-9,12,15,20,22-25,27-29H,2,6,10-11,13-14H2,1H3/t15-,20+,22-,23-,24-,25+/m1/s1. The topological polar surface area (TPSA) is 79.2 Å². The molecule has 6 heteroatoms. The van der Waals surface area contributed by atoms with E-state index in [-0.39, 0.29) is 13.0 Å². The molecule has 0 unspecified atom stereocenters. The van der Waals surface area contributed by atoms with Crippen LogP contribution in [0.1, 0.15) is 55.4 Å². The van der Waals surface area contributed by atoms with Gasteiger partial charge in [0.15, 0.2) is 0 Å². The van der Waals surface area contributed by atoms with Crippen LogP contribution in [0.5, 0.6) is 5.75 Å². The Hall–Kier alpha value is -1.63. The van der Waals surface area contributed by atoms with Crippen molar-refractivity contribution < 1.29 is 24.8 Å². The second-order valence-electron chi connectivity index (χ2n) is 8.97. The molecule has 6 atom stereocenters. The van der Waals surface area contributed by atoms with E-state index in [0.717, 1.165) is 41.2 Å². The Morgan fingerprint density at radius 3 is 2.52 bits per heavy atom. The summed E-state index contributed by atoms with van der Waals surface area (Å²) in [6.07, 6.45) is 1.50. The molecule has 2 aromatic rings. The van der Waals surface area contributed by atoms with Crippen molar-refractivity contribution in [1.82, 2.24) is 0 Å². The molecule has 2 aromatic carbocycles. The van der Waals surface area contributed by atoms with E-state index in [4.69, 9.17) is 21.1 Å². The average Bonchev–Trinajstić information content (AvgIpc) is 3.17. The molecule has 4 rings (SSSR count). The lowest BCUT2D eigenvalue weighted by Gasteiger charge is -2.36. The first kappa shape index (κ1) is 22.6. The van der Waals surface area contributed by atoms with Crippen molar-refractivity contribution in [3.63, 3.8) is 0 Å². The van der Waals surface area contributed by atoms with Crippen LogP contribution in [-0.4, -0.2) is 46.3 Å². The zero-order valence-electron chi connectivity index (χ0n) is 17.8. The van der Waals surface area contributed by atoms with E-state index in [0.29, 0.717) is 17.5 Å². The van der Waals surface area contributed by atoms with E-state index in [1.807, 2.05) is 30.3 Å². The summed E-state index contributed by atoms with van der Waals surface area (Å²) < 4.78 is 11.9. The van der Waals surface area contributed by atoms with Crippen molar-refractivity contribution in [2.75, 3.05) is 6.61 Å². The van der Waals surface area contributed by atoms with E-state index < -0.39 is 24.4 Å². The van der Waals surface area contributed by atoms with Crippen molar-refractivity contribution in [3.8, 4) is 5.75 Å². The van der Waals surface area contributed by atoms with Gasteiger partial charge >= 0.3 is 0 Å². The Morgan fingerprint density at radius 1 is 1.06 bits per heavy atom.